The highest BCUT2D eigenvalue weighted by Crippen LogP contribution is 2.34. The van der Waals surface area contributed by atoms with Crippen molar-refractivity contribution in [1.82, 2.24) is 5.43 Å². The SMILES string of the molecule is Cc1cccc2cc(C(NN)c3ccc(Br)s3)oc12. The normalized spacial score (nSPS) is 13.0. The van der Waals surface area contributed by atoms with Crippen molar-refractivity contribution < 1.29 is 4.42 Å². The van der Waals surface area contributed by atoms with Crippen molar-refractivity contribution in [2.75, 3.05) is 0 Å². The van der Waals surface area contributed by atoms with Gasteiger partial charge in [-0.3, -0.25) is 5.84 Å². The molecule has 19 heavy (non-hydrogen) atoms. The van der Waals surface area contributed by atoms with Crippen molar-refractivity contribution in [3.63, 3.8) is 0 Å². The number of fused-ring (bicyclic) bond motifs is 1. The van der Waals surface area contributed by atoms with E-state index in [4.69, 9.17) is 10.3 Å². The molecule has 98 valence electrons. The van der Waals surface area contributed by atoms with Gasteiger partial charge in [-0.1, -0.05) is 18.2 Å². The highest BCUT2D eigenvalue weighted by Gasteiger charge is 2.19. The number of furan rings is 1. The van der Waals surface area contributed by atoms with Gasteiger partial charge in [-0.15, -0.1) is 11.3 Å². The fourth-order valence-electron chi connectivity index (χ4n) is 2.16. The second-order valence-electron chi connectivity index (χ2n) is 4.38. The molecule has 2 aromatic heterocycles. The van der Waals surface area contributed by atoms with E-state index in [0.717, 1.165) is 31.0 Å². The zero-order chi connectivity index (χ0) is 13.4. The van der Waals surface area contributed by atoms with Crippen LogP contribution in [0.15, 0.2) is 44.6 Å². The summed E-state index contributed by atoms with van der Waals surface area (Å²) < 4.78 is 7.04. The lowest BCUT2D eigenvalue weighted by atomic mass is 10.1. The summed E-state index contributed by atoms with van der Waals surface area (Å²) >= 11 is 5.11. The third-order valence-electron chi connectivity index (χ3n) is 3.09. The van der Waals surface area contributed by atoms with Gasteiger partial charge in [-0.25, -0.2) is 5.43 Å². The van der Waals surface area contributed by atoms with Crippen molar-refractivity contribution in [1.29, 1.82) is 0 Å². The maximum absolute atomic E-state index is 5.96. The molecule has 0 bridgehead atoms. The highest BCUT2D eigenvalue weighted by atomic mass is 79.9. The first-order valence-electron chi connectivity index (χ1n) is 5.89. The summed E-state index contributed by atoms with van der Waals surface area (Å²) in [6, 6.07) is 12.1. The Morgan fingerprint density at radius 3 is 2.79 bits per heavy atom. The van der Waals surface area contributed by atoms with Crippen LogP contribution in [0.2, 0.25) is 0 Å². The first kappa shape index (κ1) is 12.9. The Balaban J connectivity index is 2.09. The van der Waals surface area contributed by atoms with Crippen LogP contribution in [0.5, 0.6) is 0 Å². The van der Waals surface area contributed by atoms with E-state index in [1.54, 1.807) is 11.3 Å². The number of thiophene rings is 1. The van der Waals surface area contributed by atoms with Gasteiger partial charge in [0, 0.05) is 10.3 Å². The molecule has 0 radical (unpaired) electrons. The molecule has 0 aliphatic rings. The third kappa shape index (κ3) is 2.34. The van der Waals surface area contributed by atoms with Crippen LogP contribution in [0.25, 0.3) is 11.0 Å². The van der Waals surface area contributed by atoms with Gasteiger partial charge in [0.05, 0.1) is 3.79 Å². The standard InChI is InChI=1S/C14H13BrN2OS/c1-8-3-2-4-9-7-10(18-14(8)9)13(17-16)11-5-6-12(15)19-11/h2-7,13,17H,16H2,1H3. The molecule has 1 atom stereocenters. The monoisotopic (exact) mass is 336 g/mol. The minimum atomic E-state index is -0.122. The fraction of sp³-hybridized carbons (Fsp3) is 0.143. The van der Waals surface area contributed by atoms with E-state index >= 15 is 0 Å². The Morgan fingerprint density at radius 2 is 2.16 bits per heavy atom. The molecular weight excluding hydrogens is 324 g/mol. The van der Waals surface area contributed by atoms with Crippen molar-refractivity contribution in [2.45, 2.75) is 13.0 Å². The van der Waals surface area contributed by atoms with Gasteiger partial charge in [-0.2, -0.15) is 0 Å². The van der Waals surface area contributed by atoms with Gasteiger partial charge in [0.15, 0.2) is 0 Å². The van der Waals surface area contributed by atoms with Crippen molar-refractivity contribution >= 4 is 38.2 Å². The second-order valence-corrected chi connectivity index (χ2v) is 6.88. The topological polar surface area (TPSA) is 51.2 Å². The summed E-state index contributed by atoms with van der Waals surface area (Å²) in [6.45, 7) is 2.04. The molecule has 3 aromatic rings. The van der Waals surface area contributed by atoms with Gasteiger partial charge in [0.1, 0.15) is 17.4 Å². The van der Waals surface area contributed by atoms with E-state index in [9.17, 15) is 0 Å². The smallest absolute Gasteiger partial charge is 0.137 e. The maximum Gasteiger partial charge on any atom is 0.137 e. The number of rotatable bonds is 3. The second kappa shape index (κ2) is 5.09. The zero-order valence-electron chi connectivity index (χ0n) is 10.3. The molecule has 5 heteroatoms. The largest absolute Gasteiger partial charge is 0.459 e. The van der Waals surface area contributed by atoms with Gasteiger partial charge < -0.3 is 4.42 Å². The zero-order valence-corrected chi connectivity index (χ0v) is 12.7. The summed E-state index contributed by atoms with van der Waals surface area (Å²) in [5, 5.41) is 1.10. The third-order valence-corrected chi connectivity index (χ3v) is 4.78. The molecule has 3 rings (SSSR count). The number of hydrazine groups is 1. The van der Waals surface area contributed by atoms with E-state index in [1.807, 2.05) is 43.3 Å². The predicted octanol–water partition coefficient (Wildman–Crippen LogP) is 4.12. The number of aryl methyl sites for hydroxylation is 1. The number of hydrogen-bond acceptors (Lipinski definition) is 4. The lowest BCUT2D eigenvalue weighted by Crippen LogP contribution is -2.27. The number of benzene rings is 1. The van der Waals surface area contributed by atoms with Crippen LogP contribution in [0, 0.1) is 6.92 Å². The van der Waals surface area contributed by atoms with Crippen molar-refractivity contribution in [2.24, 2.45) is 5.84 Å². The fourth-order valence-corrected chi connectivity index (χ4v) is 3.65. The number of nitrogens with one attached hydrogen (secondary N) is 1. The Morgan fingerprint density at radius 1 is 1.32 bits per heavy atom. The molecule has 0 amide bonds. The van der Waals surface area contributed by atoms with E-state index in [2.05, 4.69) is 21.4 Å². The number of nitrogens with two attached hydrogens (primary N) is 1. The van der Waals surface area contributed by atoms with Crippen molar-refractivity contribution in [3.8, 4) is 0 Å². The molecule has 1 aromatic carbocycles. The van der Waals surface area contributed by atoms with Crippen LogP contribution in [0.1, 0.15) is 22.2 Å². The highest BCUT2D eigenvalue weighted by molar-refractivity contribution is 9.11. The van der Waals surface area contributed by atoms with Crippen LogP contribution >= 0.6 is 27.3 Å². The summed E-state index contributed by atoms with van der Waals surface area (Å²) in [5.41, 5.74) is 4.88. The van der Waals surface area contributed by atoms with Crippen LogP contribution in [-0.4, -0.2) is 0 Å². The molecule has 0 spiro atoms. The average Bonchev–Trinajstić information content (AvgIpc) is 2.98. The Labute approximate surface area is 123 Å². The van der Waals surface area contributed by atoms with Gasteiger partial charge in [-0.05, 0) is 46.6 Å². The van der Waals surface area contributed by atoms with Crippen molar-refractivity contribution in [3.05, 3.63) is 56.4 Å². The number of para-hydroxylation sites is 1. The molecule has 2 heterocycles. The minimum absolute atomic E-state index is 0.122. The minimum Gasteiger partial charge on any atom is -0.459 e. The summed E-state index contributed by atoms with van der Waals surface area (Å²) in [6.07, 6.45) is 0. The van der Waals surface area contributed by atoms with Crippen LogP contribution in [-0.2, 0) is 0 Å². The molecule has 1 unspecified atom stereocenters. The van der Waals surface area contributed by atoms with Crippen LogP contribution in [0.3, 0.4) is 0 Å². The quantitative estimate of drug-likeness (QED) is 0.558. The summed E-state index contributed by atoms with van der Waals surface area (Å²) in [7, 11) is 0. The first-order chi connectivity index (χ1) is 9.19. The van der Waals surface area contributed by atoms with Gasteiger partial charge in [0.25, 0.3) is 0 Å². The lowest BCUT2D eigenvalue weighted by Gasteiger charge is -2.10. The van der Waals surface area contributed by atoms with E-state index in [1.165, 1.54) is 0 Å². The number of halogens is 1. The van der Waals surface area contributed by atoms with Gasteiger partial charge >= 0.3 is 0 Å². The summed E-state index contributed by atoms with van der Waals surface area (Å²) in [4.78, 5) is 1.12. The molecule has 0 saturated heterocycles. The lowest BCUT2D eigenvalue weighted by molar-refractivity contribution is 0.480. The molecule has 0 fully saturated rings. The Bertz CT molecular complexity index is 719. The van der Waals surface area contributed by atoms with E-state index < -0.39 is 0 Å². The van der Waals surface area contributed by atoms with E-state index in [0.29, 0.717) is 0 Å². The first-order valence-corrected chi connectivity index (χ1v) is 7.50. The molecule has 3 N–H and O–H groups in total. The Hall–Kier alpha value is -1.14. The Kier molecular flexibility index (Phi) is 3.45. The molecule has 0 saturated carbocycles. The predicted molar refractivity (Wildman–Crippen MR) is 82.1 cm³/mol. The van der Waals surface area contributed by atoms with Crippen LogP contribution in [0.4, 0.5) is 0 Å². The summed E-state index contributed by atoms with van der Waals surface area (Å²) in [5.74, 6) is 6.52. The van der Waals surface area contributed by atoms with Crippen LogP contribution < -0.4 is 11.3 Å². The average molecular weight is 337 g/mol. The molecular formula is C14H13BrN2OS. The maximum atomic E-state index is 5.96. The number of hydrogen-bond donors (Lipinski definition) is 2. The van der Waals surface area contributed by atoms with Gasteiger partial charge in [0.2, 0.25) is 0 Å². The molecule has 0 aliphatic carbocycles. The van der Waals surface area contributed by atoms with E-state index in [-0.39, 0.29) is 6.04 Å². The molecule has 3 nitrogen and oxygen atoms in total. The molecule has 0 aliphatic heterocycles.